The molecule has 0 aliphatic rings. The molecule has 0 saturated carbocycles. The summed E-state index contributed by atoms with van der Waals surface area (Å²) in [6.07, 6.45) is 3.43. The second-order valence-electron chi connectivity index (χ2n) is 4.96. The average molecular weight is 374 g/mol. The van der Waals surface area contributed by atoms with Crippen molar-refractivity contribution in [2.75, 3.05) is 5.32 Å². The van der Waals surface area contributed by atoms with Gasteiger partial charge >= 0.3 is 6.03 Å². The van der Waals surface area contributed by atoms with Crippen LogP contribution in [0.25, 0.3) is 10.8 Å². The summed E-state index contributed by atoms with van der Waals surface area (Å²) < 4.78 is 13.6. The van der Waals surface area contributed by atoms with E-state index in [1.807, 2.05) is 24.3 Å². The zero-order chi connectivity index (χ0) is 16.2. The number of rotatable bonds is 3. The maximum atomic E-state index is 13.2. The molecular formula is C17H13BrFN3O. The summed E-state index contributed by atoms with van der Waals surface area (Å²) >= 11 is 3.12. The predicted molar refractivity (Wildman–Crippen MR) is 91.7 cm³/mol. The number of nitrogens with one attached hydrogen (secondary N) is 2. The summed E-state index contributed by atoms with van der Waals surface area (Å²) in [5.41, 5.74) is 1.51. The number of hydrogen-bond acceptors (Lipinski definition) is 2. The van der Waals surface area contributed by atoms with Crippen molar-refractivity contribution in [3.63, 3.8) is 0 Å². The molecule has 0 bridgehead atoms. The summed E-state index contributed by atoms with van der Waals surface area (Å²) in [4.78, 5) is 16.1. The van der Waals surface area contributed by atoms with Crippen molar-refractivity contribution in [3.8, 4) is 0 Å². The lowest BCUT2D eigenvalue weighted by molar-refractivity contribution is 0.252. The standard InChI is InChI=1S/C17H13BrFN3O/c18-14-8-11(4-5-15(14)19)9-21-17(23)22-16-3-1-2-12-10-20-7-6-13(12)16/h1-8,10H,9H2,(H2,21,22,23). The molecule has 0 spiro atoms. The first kappa shape index (κ1) is 15.4. The number of carbonyl (C=O) groups excluding carboxylic acids is 1. The molecule has 6 heteroatoms. The highest BCUT2D eigenvalue weighted by atomic mass is 79.9. The molecule has 23 heavy (non-hydrogen) atoms. The average Bonchev–Trinajstić information content (AvgIpc) is 2.56. The van der Waals surface area contributed by atoms with E-state index in [1.54, 1.807) is 24.5 Å². The van der Waals surface area contributed by atoms with Crippen LogP contribution in [0.2, 0.25) is 0 Å². The Bertz CT molecular complexity index is 864. The number of amides is 2. The quantitative estimate of drug-likeness (QED) is 0.711. The van der Waals surface area contributed by atoms with Gasteiger partial charge in [0.25, 0.3) is 0 Å². The van der Waals surface area contributed by atoms with Crippen molar-refractivity contribution in [1.29, 1.82) is 0 Å². The number of urea groups is 1. The molecule has 3 rings (SSSR count). The van der Waals surface area contributed by atoms with Crippen LogP contribution in [0, 0.1) is 5.82 Å². The summed E-state index contributed by atoms with van der Waals surface area (Å²) in [6, 6.07) is 11.8. The van der Waals surface area contributed by atoms with Gasteiger partial charge in [0.15, 0.2) is 0 Å². The second kappa shape index (κ2) is 6.75. The van der Waals surface area contributed by atoms with Gasteiger partial charge in [0, 0.05) is 29.7 Å². The largest absolute Gasteiger partial charge is 0.334 e. The molecule has 1 aromatic heterocycles. The summed E-state index contributed by atoms with van der Waals surface area (Å²) in [6.45, 7) is 0.303. The Morgan fingerprint density at radius 1 is 1.22 bits per heavy atom. The van der Waals surface area contributed by atoms with E-state index in [9.17, 15) is 9.18 Å². The highest BCUT2D eigenvalue weighted by molar-refractivity contribution is 9.10. The van der Waals surface area contributed by atoms with Crippen molar-refractivity contribution in [2.24, 2.45) is 0 Å². The molecule has 0 saturated heterocycles. The minimum atomic E-state index is -0.331. The minimum absolute atomic E-state index is 0.303. The van der Waals surface area contributed by atoms with Crippen LogP contribution < -0.4 is 10.6 Å². The van der Waals surface area contributed by atoms with Crippen LogP contribution in [-0.2, 0) is 6.54 Å². The molecule has 4 nitrogen and oxygen atoms in total. The van der Waals surface area contributed by atoms with E-state index in [0.29, 0.717) is 16.7 Å². The van der Waals surface area contributed by atoms with E-state index in [0.717, 1.165) is 16.3 Å². The van der Waals surface area contributed by atoms with Crippen molar-refractivity contribution >= 4 is 38.4 Å². The first-order valence-corrected chi connectivity index (χ1v) is 7.74. The summed E-state index contributed by atoms with van der Waals surface area (Å²) in [5.74, 6) is -0.331. The molecule has 3 aromatic rings. The normalized spacial score (nSPS) is 10.5. The fourth-order valence-corrected chi connectivity index (χ4v) is 2.66. The molecule has 0 aliphatic heterocycles. The van der Waals surface area contributed by atoms with Crippen LogP contribution in [0.15, 0.2) is 59.3 Å². The third-order valence-electron chi connectivity index (χ3n) is 3.37. The zero-order valence-corrected chi connectivity index (χ0v) is 13.6. The third-order valence-corrected chi connectivity index (χ3v) is 3.97. The van der Waals surface area contributed by atoms with Gasteiger partial charge in [0.2, 0.25) is 0 Å². The molecule has 116 valence electrons. The number of hydrogen-bond donors (Lipinski definition) is 2. The zero-order valence-electron chi connectivity index (χ0n) is 12.0. The predicted octanol–water partition coefficient (Wildman–Crippen LogP) is 4.46. The van der Waals surface area contributed by atoms with Gasteiger partial charge in [-0.25, -0.2) is 9.18 Å². The number of halogens is 2. The molecule has 0 aliphatic carbocycles. The summed E-state index contributed by atoms with van der Waals surface area (Å²) in [7, 11) is 0. The van der Waals surface area contributed by atoms with E-state index in [1.165, 1.54) is 6.07 Å². The molecule has 1 heterocycles. The minimum Gasteiger partial charge on any atom is -0.334 e. The maximum Gasteiger partial charge on any atom is 0.319 e. The number of aromatic nitrogens is 1. The van der Waals surface area contributed by atoms with Crippen molar-refractivity contribution in [1.82, 2.24) is 10.3 Å². The third kappa shape index (κ3) is 3.65. The molecule has 0 radical (unpaired) electrons. The first-order valence-electron chi connectivity index (χ1n) is 6.95. The van der Waals surface area contributed by atoms with Gasteiger partial charge in [-0.05, 0) is 45.8 Å². The topological polar surface area (TPSA) is 54.0 Å². The number of carbonyl (C=O) groups is 1. The van der Waals surface area contributed by atoms with E-state index in [2.05, 4.69) is 31.5 Å². The van der Waals surface area contributed by atoms with Gasteiger partial charge in [-0.15, -0.1) is 0 Å². The number of pyridine rings is 1. The van der Waals surface area contributed by atoms with Crippen LogP contribution in [0.3, 0.4) is 0 Å². The molecule has 0 fully saturated rings. The Morgan fingerprint density at radius 2 is 2.09 bits per heavy atom. The van der Waals surface area contributed by atoms with Gasteiger partial charge in [0.1, 0.15) is 5.82 Å². The van der Waals surface area contributed by atoms with Crippen LogP contribution >= 0.6 is 15.9 Å². The fraction of sp³-hybridized carbons (Fsp3) is 0.0588. The molecule has 0 unspecified atom stereocenters. The second-order valence-corrected chi connectivity index (χ2v) is 5.81. The highest BCUT2D eigenvalue weighted by Gasteiger charge is 2.06. The van der Waals surface area contributed by atoms with E-state index < -0.39 is 0 Å². The van der Waals surface area contributed by atoms with Crippen LogP contribution in [-0.4, -0.2) is 11.0 Å². The van der Waals surface area contributed by atoms with Gasteiger partial charge in [-0.1, -0.05) is 18.2 Å². The van der Waals surface area contributed by atoms with E-state index >= 15 is 0 Å². The first-order chi connectivity index (χ1) is 11.1. The molecule has 2 N–H and O–H groups in total. The van der Waals surface area contributed by atoms with Crippen LogP contribution in [0.5, 0.6) is 0 Å². The fourth-order valence-electron chi connectivity index (χ4n) is 2.23. The number of fused-ring (bicyclic) bond motifs is 1. The maximum absolute atomic E-state index is 13.2. The highest BCUT2D eigenvalue weighted by Crippen LogP contribution is 2.22. The number of benzene rings is 2. The van der Waals surface area contributed by atoms with Crippen LogP contribution in [0.1, 0.15) is 5.56 Å². The summed E-state index contributed by atoms with van der Waals surface area (Å²) in [5, 5.41) is 7.44. The van der Waals surface area contributed by atoms with Gasteiger partial charge in [0.05, 0.1) is 10.2 Å². The Labute approximate surface area is 140 Å². The van der Waals surface area contributed by atoms with Crippen molar-refractivity contribution < 1.29 is 9.18 Å². The van der Waals surface area contributed by atoms with Gasteiger partial charge < -0.3 is 10.6 Å². The molecule has 2 aromatic carbocycles. The Hall–Kier alpha value is -2.47. The van der Waals surface area contributed by atoms with Gasteiger partial charge in [-0.3, -0.25) is 4.98 Å². The molecule has 0 atom stereocenters. The lowest BCUT2D eigenvalue weighted by Crippen LogP contribution is -2.28. The smallest absolute Gasteiger partial charge is 0.319 e. The van der Waals surface area contributed by atoms with Crippen molar-refractivity contribution in [3.05, 3.63) is 70.7 Å². The monoisotopic (exact) mass is 373 g/mol. The molecular weight excluding hydrogens is 361 g/mol. The van der Waals surface area contributed by atoms with E-state index in [4.69, 9.17) is 0 Å². The van der Waals surface area contributed by atoms with E-state index in [-0.39, 0.29) is 11.8 Å². The molecule has 2 amide bonds. The van der Waals surface area contributed by atoms with Crippen LogP contribution in [0.4, 0.5) is 14.9 Å². The Morgan fingerprint density at radius 3 is 2.91 bits per heavy atom. The number of anilines is 1. The Kier molecular flexibility index (Phi) is 4.52. The lowest BCUT2D eigenvalue weighted by atomic mass is 10.1. The SMILES string of the molecule is O=C(NCc1ccc(F)c(Br)c1)Nc1cccc2cnccc12. The number of nitrogens with zero attached hydrogens (tertiary/aromatic N) is 1. The Balaban J connectivity index is 1.68. The van der Waals surface area contributed by atoms with Crippen molar-refractivity contribution in [2.45, 2.75) is 6.54 Å². The lowest BCUT2D eigenvalue weighted by Gasteiger charge is -2.10. The van der Waals surface area contributed by atoms with Gasteiger partial charge in [-0.2, -0.15) is 0 Å².